The van der Waals surface area contributed by atoms with Crippen molar-refractivity contribution in [3.05, 3.63) is 47.5 Å². The minimum Gasteiger partial charge on any atom is -0.504 e. The van der Waals surface area contributed by atoms with Crippen molar-refractivity contribution in [2.45, 2.75) is 6.10 Å². The Bertz CT molecular complexity index is 675. The van der Waals surface area contributed by atoms with Crippen LogP contribution in [0, 0.1) is 0 Å². The lowest BCUT2D eigenvalue weighted by Crippen LogP contribution is -2.28. The summed E-state index contributed by atoms with van der Waals surface area (Å²) >= 11 is 0. The highest BCUT2D eigenvalue weighted by Crippen LogP contribution is 2.35. The van der Waals surface area contributed by atoms with Gasteiger partial charge in [0, 0.05) is 12.1 Å². The average molecular weight is 319 g/mol. The SMILES string of the molecule is COc1ccc(C(O)CNC(=O)c2cc(O)c(O)c(O)c2)cc1. The molecule has 1 amide bonds. The van der Waals surface area contributed by atoms with Gasteiger partial charge < -0.3 is 30.5 Å². The Kier molecular flexibility index (Phi) is 4.92. The Morgan fingerprint density at radius 2 is 1.70 bits per heavy atom. The molecule has 0 radical (unpaired) electrons. The zero-order valence-corrected chi connectivity index (χ0v) is 12.4. The summed E-state index contributed by atoms with van der Waals surface area (Å²) in [5.74, 6) is -1.86. The van der Waals surface area contributed by atoms with Gasteiger partial charge in [0.2, 0.25) is 0 Å². The van der Waals surface area contributed by atoms with Crippen molar-refractivity contribution in [1.29, 1.82) is 0 Å². The predicted molar refractivity (Wildman–Crippen MR) is 81.7 cm³/mol. The number of amides is 1. The highest BCUT2D eigenvalue weighted by Gasteiger charge is 2.15. The molecule has 7 nitrogen and oxygen atoms in total. The zero-order chi connectivity index (χ0) is 17.0. The molecule has 0 aromatic heterocycles. The van der Waals surface area contributed by atoms with Crippen LogP contribution in [0.1, 0.15) is 22.0 Å². The van der Waals surface area contributed by atoms with Crippen LogP contribution in [0.15, 0.2) is 36.4 Å². The Morgan fingerprint density at radius 1 is 1.13 bits per heavy atom. The lowest BCUT2D eigenvalue weighted by Gasteiger charge is -2.13. The molecular formula is C16H17NO6. The predicted octanol–water partition coefficient (Wildman–Crippen LogP) is 1.28. The number of methoxy groups -OCH3 is 1. The van der Waals surface area contributed by atoms with Crippen LogP contribution in [0.4, 0.5) is 0 Å². The third-order valence-electron chi connectivity index (χ3n) is 3.29. The van der Waals surface area contributed by atoms with Gasteiger partial charge in [-0.2, -0.15) is 0 Å². The van der Waals surface area contributed by atoms with Gasteiger partial charge in [-0.25, -0.2) is 0 Å². The van der Waals surface area contributed by atoms with Gasteiger partial charge in [-0.3, -0.25) is 4.79 Å². The maximum absolute atomic E-state index is 12.0. The molecule has 122 valence electrons. The second kappa shape index (κ2) is 6.89. The molecule has 0 aliphatic carbocycles. The van der Waals surface area contributed by atoms with Crippen molar-refractivity contribution in [3.63, 3.8) is 0 Å². The molecular weight excluding hydrogens is 302 g/mol. The number of benzene rings is 2. The first-order valence-electron chi connectivity index (χ1n) is 6.77. The first-order chi connectivity index (χ1) is 10.9. The number of aliphatic hydroxyl groups excluding tert-OH is 1. The summed E-state index contributed by atoms with van der Waals surface area (Å²) in [5.41, 5.74) is 0.558. The van der Waals surface area contributed by atoms with Crippen molar-refractivity contribution >= 4 is 5.91 Å². The van der Waals surface area contributed by atoms with E-state index < -0.39 is 29.3 Å². The first-order valence-corrected chi connectivity index (χ1v) is 6.77. The summed E-state index contributed by atoms with van der Waals surface area (Å²) in [6, 6.07) is 8.77. The number of rotatable bonds is 5. The topological polar surface area (TPSA) is 119 Å². The van der Waals surface area contributed by atoms with Crippen molar-refractivity contribution in [2.24, 2.45) is 0 Å². The van der Waals surface area contributed by atoms with E-state index in [1.165, 1.54) is 7.11 Å². The van der Waals surface area contributed by atoms with Crippen LogP contribution in [-0.4, -0.2) is 40.0 Å². The van der Waals surface area contributed by atoms with Crippen molar-refractivity contribution in [2.75, 3.05) is 13.7 Å². The fourth-order valence-corrected chi connectivity index (χ4v) is 1.97. The van der Waals surface area contributed by atoms with E-state index in [4.69, 9.17) is 4.74 Å². The maximum Gasteiger partial charge on any atom is 0.251 e. The van der Waals surface area contributed by atoms with Crippen LogP contribution in [-0.2, 0) is 0 Å². The highest BCUT2D eigenvalue weighted by molar-refractivity contribution is 5.95. The number of carbonyl (C=O) groups excluding carboxylic acids is 1. The number of ether oxygens (including phenoxy) is 1. The Balaban J connectivity index is 2.00. The van der Waals surface area contributed by atoms with Gasteiger partial charge in [0.25, 0.3) is 5.91 Å². The normalized spacial score (nSPS) is 11.7. The highest BCUT2D eigenvalue weighted by atomic mass is 16.5. The van der Waals surface area contributed by atoms with Crippen LogP contribution in [0.3, 0.4) is 0 Å². The summed E-state index contributed by atoms with van der Waals surface area (Å²) in [4.78, 5) is 12.0. The fraction of sp³-hybridized carbons (Fsp3) is 0.188. The Morgan fingerprint density at radius 3 is 2.22 bits per heavy atom. The lowest BCUT2D eigenvalue weighted by molar-refractivity contribution is 0.0915. The standard InChI is InChI=1S/C16H17NO6/c1-23-11-4-2-9(3-5-11)14(20)8-17-16(22)10-6-12(18)15(21)13(19)7-10/h2-7,14,18-21H,8H2,1H3,(H,17,22). The van der Waals surface area contributed by atoms with E-state index in [0.717, 1.165) is 12.1 Å². The molecule has 7 heteroatoms. The summed E-state index contributed by atoms with van der Waals surface area (Å²) < 4.78 is 5.02. The van der Waals surface area contributed by atoms with Crippen molar-refractivity contribution in [1.82, 2.24) is 5.32 Å². The van der Waals surface area contributed by atoms with Gasteiger partial charge in [-0.05, 0) is 29.8 Å². The molecule has 5 N–H and O–H groups in total. The molecule has 0 saturated heterocycles. The summed E-state index contributed by atoms with van der Waals surface area (Å²) in [6.07, 6.45) is -0.927. The first kappa shape index (κ1) is 16.4. The average Bonchev–Trinajstić information content (AvgIpc) is 2.56. The van der Waals surface area contributed by atoms with Crippen LogP contribution in [0.5, 0.6) is 23.0 Å². The number of hydrogen-bond donors (Lipinski definition) is 5. The molecule has 0 spiro atoms. The second-order valence-corrected chi connectivity index (χ2v) is 4.86. The number of phenolic OH excluding ortho intramolecular Hbond substituents is 3. The summed E-state index contributed by atoms with van der Waals surface area (Å²) in [5, 5.41) is 40.5. The number of hydrogen-bond acceptors (Lipinski definition) is 6. The van der Waals surface area contributed by atoms with E-state index in [-0.39, 0.29) is 12.1 Å². The lowest BCUT2D eigenvalue weighted by atomic mass is 10.1. The minimum atomic E-state index is -0.927. The van der Waals surface area contributed by atoms with Crippen LogP contribution in [0.25, 0.3) is 0 Å². The van der Waals surface area contributed by atoms with Crippen molar-refractivity contribution < 1.29 is 30.0 Å². The van der Waals surface area contributed by atoms with Gasteiger partial charge in [0.1, 0.15) is 5.75 Å². The molecule has 1 atom stereocenters. The molecule has 23 heavy (non-hydrogen) atoms. The molecule has 0 aliphatic heterocycles. The van der Waals surface area contributed by atoms with E-state index in [2.05, 4.69) is 5.32 Å². The smallest absolute Gasteiger partial charge is 0.251 e. The number of carbonyl (C=O) groups is 1. The van der Waals surface area contributed by atoms with Gasteiger partial charge in [0.05, 0.1) is 13.2 Å². The molecule has 0 saturated carbocycles. The third-order valence-corrected chi connectivity index (χ3v) is 3.29. The van der Waals surface area contributed by atoms with E-state index in [1.807, 2.05) is 0 Å². The molecule has 1 unspecified atom stereocenters. The molecule has 2 rings (SSSR count). The molecule has 0 heterocycles. The Hall–Kier alpha value is -2.93. The third kappa shape index (κ3) is 3.83. The largest absolute Gasteiger partial charge is 0.504 e. The number of aliphatic hydroxyl groups is 1. The summed E-state index contributed by atoms with van der Waals surface area (Å²) in [7, 11) is 1.54. The zero-order valence-electron chi connectivity index (χ0n) is 12.4. The second-order valence-electron chi connectivity index (χ2n) is 4.86. The molecule has 2 aromatic carbocycles. The van der Waals surface area contributed by atoms with E-state index >= 15 is 0 Å². The van der Waals surface area contributed by atoms with Crippen LogP contribution < -0.4 is 10.1 Å². The minimum absolute atomic E-state index is 0.0419. The van der Waals surface area contributed by atoms with E-state index in [9.17, 15) is 25.2 Å². The molecule has 0 aliphatic rings. The van der Waals surface area contributed by atoms with Gasteiger partial charge in [-0.1, -0.05) is 12.1 Å². The monoisotopic (exact) mass is 319 g/mol. The van der Waals surface area contributed by atoms with Crippen LogP contribution in [0.2, 0.25) is 0 Å². The quantitative estimate of drug-likeness (QED) is 0.530. The molecule has 0 bridgehead atoms. The fourth-order valence-electron chi connectivity index (χ4n) is 1.97. The van der Waals surface area contributed by atoms with Gasteiger partial charge in [-0.15, -0.1) is 0 Å². The summed E-state index contributed by atoms with van der Waals surface area (Å²) in [6.45, 7) is -0.0619. The van der Waals surface area contributed by atoms with E-state index in [0.29, 0.717) is 11.3 Å². The Labute approximate surface area is 132 Å². The van der Waals surface area contributed by atoms with Gasteiger partial charge >= 0.3 is 0 Å². The van der Waals surface area contributed by atoms with Gasteiger partial charge in [0.15, 0.2) is 17.2 Å². The number of phenols is 3. The van der Waals surface area contributed by atoms with Crippen molar-refractivity contribution in [3.8, 4) is 23.0 Å². The molecule has 0 fully saturated rings. The van der Waals surface area contributed by atoms with Crippen LogP contribution >= 0.6 is 0 Å². The number of aromatic hydroxyl groups is 3. The maximum atomic E-state index is 12.0. The number of nitrogens with one attached hydrogen (secondary N) is 1. The molecule has 2 aromatic rings. The van der Waals surface area contributed by atoms with E-state index in [1.54, 1.807) is 24.3 Å².